The second-order valence-electron chi connectivity index (χ2n) is 6.89. The second kappa shape index (κ2) is 4.88. The molecule has 0 aliphatic heterocycles. The lowest BCUT2D eigenvalue weighted by Crippen LogP contribution is -2.35. The Hall–Kier alpha value is -0.350. The minimum Gasteiger partial charge on any atom is -0.389 e. The molecule has 0 bridgehead atoms. The Kier molecular flexibility index (Phi) is 3.87. The number of aromatic nitrogens is 2. The topological polar surface area (TPSA) is 38.0 Å². The first-order chi connectivity index (χ1) is 8.68. The summed E-state index contributed by atoms with van der Waals surface area (Å²) >= 11 is 3.63. The van der Waals surface area contributed by atoms with Crippen LogP contribution in [-0.2, 0) is 13.0 Å². The zero-order valence-corrected chi connectivity index (χ0v) is 14.2. The van der Waals surface area contributed by atoms with Gasteiger partial charge in [0.15, 0.2) is 0 Å². The van der Waals surface area contributed by atoms with Crippen molar-refractivity contribution in [2.75, 3.05) is 0 Å². The van der Waals surface area contributed by atoms with Crippen LogP contribution in [0.25, 0.3) is 0 Å². The molecule has 3 nitrogen and oxygen atoms in total. The summed E-state index contributed by atoms with van der Waals surface area (Å²) in [6, 6.07) is 0. The van der Waals surface area contributed by atoms with E-state index in [0.29, 0.717) is 12.3 Å². The fourth-order valence-corrected chi connectivity index (χ4v) is 4.08. The van der Waals surface area contributed by atoms with E-state index in [2.05, 4.69) is 48.7 Å². The van der Waals surface area contributed by atoms with Crippen molar-refractivity contribution in [2.45, 2.75) is 66.0 Å². The predicted molar refractivity (Wildman–Crippen MR) is 81.2 cm³/mol. The normalized spacial score (nSPS) is 29.9. The molecule has 4 heteroatoms. The van der Waals surface area contributed by atoms with Crippen molar-refractivity contribution >= 4 is 15.9 Å². The Morgan fingerprint density at radius 1 is 1.47 bits per heavy atom. The lowest BCUT2D eigenvalue weighted by Gasteiger charge is -2.29. The highest BCUT2D eigenvalue weighted by Gasteiger charge is 2.48. The predicted octanol–water partition coefficient (Wildman–Crippen LogP) is 3.70. The lowest BCUT2D eigenvalue weighted by molar-refractivity contribution is 0.00254. The highest BCUT2D eigenvalue weighted by Crippen LogP contribution is 2.49. The van der Waals surface area contributed by atoms with Crippen LogP contribution < -0.4 is 0 Å². The van der Waals surface area contributed by atoms with E-state index < -0.39 is 5.60 Å². The quantitative estimate of drug-likeness (QED) is 0.918. The number of rotatable bonds is 3. The summed E-state index contributed by atoms with van der Waals surface area (Å²) in [6.07, 6.45) is 2.63. The van der Waals surface area contributed by atoms with Gasteiger partial charge >= 0.3 is 0 Å². The van der Waals surface area contributed by atoms with E-state index >= 15 is 0 Å². The second-order valence-corrected chi connectivity index (χ2v) is 7.68. The SMILES string of the molecule is CCn1nc(C)c(Br)c1CC1(O)CC(C)(C)CC1C. The molecule has 2 atom stereocenters. The van der Waals surface area contributed by atoms with Gasteiger partial charge in [-0.3, -0.25) is 4.68 Å². The van der Waals surface area contributed by atoms with E-state index in [1.54, 1.807) is 0 Å². The summed E-state index contributed by atoms with van der Waals surface area (Å²) in [6.45, 7) is 11.6. The lowest BCUT2D eigenvalue weighted by atomic mass is 9.86. The fourth-order valence-electron chi connectivity index (χ4n) is 3.66. The zero-order chi connectivity index (χ0) is 14.4. The Bertz CT molecular complexity index is 481. The van der Waals surface area contributed by atoms with Crippen molar-refractivity contribution in [3.05, 3.63) is 15.9 Å². The Morgan fingerprint density at radius 2 is 2.11 bits per heavy atom. The van der Waals surface area contributed by atoms with Gasteiger partial charge < -0.3 is 5.11 Å². The smallest absolute Gasteiger partial charge is 0.0738 e. The van der Waals surface area contributed by atoms with Gasteiger partial charge in [0, 0.05) is 13.0 Å². The average Bonchev–Trinajstić information content (AvgIpc) is 2.66. The van der Waals surface area contributed by atoms with E-state index in [9.17, 15) is 5.11 Å². The Labute approximate surface area is 124 Å². The molecule has 0 saturated heterocycles. The highest BCUT2D eigenvalue weighted by atomic mass is 79.9. The van der Waals surface area contributed by atoms with Gasteiger partial charge in [-0.1, -0.05) is 20.8 Å². The van der Waals surface area contributed by atoms with Gasteiger partial charge in [-0.15, -0.1) is 0 Å². The standard InChI is InChI=1S/C15H25BrN2O/c1-6-18-12(13(16)11(3)17-18)8-15(19)9-14(4,5)7-10(15)2/h10,19H,6-9H2,1-5H3. The summed E-state index contributed by atoms with van der Waals surface area (Å²) in [5, 5.41) is 15.6. The van der Waals surface area contributed by atoms with E-state index in [-0.39, 0.29) is 5.41 Å². The van der Waals surface area contributed by atoms with Crippen LogP contribution in [0.5, 0.6) is 0 Å². The van der Waals surface area contributed by atoms with Gasteiger partial charge in [-0.2, -0.15) is 5.10 Å². The minimum absolute atomic E-state index is 0.229. The number of halogens is 1. The van der Waals surface area contributed by atoms with E-state index in [1.165, 1.54) is 0 Å². The Morgan fingerprint density at radius 3 is 2.58 bits per heavy atom. The van der Waals surface area contributed by atoms with Crippen molar-refractivity contribution in [3.63, 3.8) is 0 Å². The van der Waals surface area contributed by atoms with E-state index in [1.807, 2.05) is 11.6 Å². The maximum Gasteiger partial charge on any atom is 0.0738 e. The first kappa shape index (κ1) is 15.0. The van der Waals surface area contributed by atoms with Gasteiger partial charge in [-0.05, 0) is 54.0 Å². The number of hydrogen-bond donors (Lipinski definition) is 1. The van der Waals surface area contributed by atoms with Crippen LogP contribution >= 0.6 is 15.9 Å². The van der Waals surface area contributed by atoms with Crippen LogP contribution in [0.3, 0.4) is 0 Å². The summed E-state index contributed by atoms with van der Waals surface area (Å²) < 4.78 is 3.06. The van der Waals surface area contributed by atoms with E-state index in [4.69, 9.17) is 0 Å². The molecule has 108 valence electrons. The van der Waals surface area contributed by atoms with Crippen LogP contribution in [0.4, 0.5) is 0 Å². The van der Waals surface area contributed by atoms with Gasteiger partial charge in [0.2, 0.25) is 0 Å². The molecular formula is C15H25BrN2O. The van der Waals surface area contributed by atoms with Crippen LogP contribution in [-0.4, -0.2) is 20.5 Å². The highest BCUT2D eigenvalue weighted by molar-refractivity contribution is 9.10. The van der Waals surface area contributed by atoms with Crippen molar-refractivity contribution in [2.24, 2.45) is 11.3 Å². The van der Waals surface area contributed by atoms with Crippen LogP contribution in [0.15, 0.2) is 4.47 Å². The van der Waals surface area contributed by atoms with Gasteiger partial charge in [0.25, 0.3) is 0 Å². The monoisotopic (exact) mass is 328 g/mol. The number of nitrogens with zero attached hydrogens (tertiary/aromatic N) is 2. The molecule has 19 heavy (non-hydrogen) atoms. The Balaban J connectivity index is 2.31. The first-order valence-corrected chi connectivity index (χ1v) is 7.92. The zero-order valence-electron chi connectivity index (χ0n) is 12.6. The number of hydrogen-bond acceptors (Lipinski definition) is 2. The van der Waals surface area contributed by atoms with Crippen molar-refractivity contribution in [1.82, 2.24) is 9.78 Å². The molecule has 0 amide bonds. The molecule has 1 heterocycles. The fraction of sp³-hybridized carbons (Fsp3) is 0.800. The third kappa shape index (κ3) is 2.75. The molecule has 0 radical (unpaired) electrons. The van der Waals surface area contributed by atoms with Gasteiger partial charge in [0.05, 0.1) is 21.5 Å². The molecule has 0 aromatic carbocycles. The molecule has 1 fully saturated rings. The molecule has 1 aromatic heterocycles. The van der Waals surface area contributed by atoms with Crippen molar-refractivity contribution in [3.8, 4) is 0 Å². The van der Waals surface area contributed by atoms with Crippen LogP contribution in [0.1, 0.15) is 51.9 Å². The molecule has 1 N–H and O–H groups in total. The largest absolute Gasteiger partial charge is 0.389 e. The number of aliphatic hydroxyl groups is 1. The molecular weight excluding hydrogens is 304 g/mol. The molecule has 1 saturated carbocycles. The van der Waals surface area contributed by atoms with Crippen LogP contribution in [0, 0.1) is 18.3 Å². The van der Waals surface area contributed by atoms with E-state index in [0.717, 1.165) is 35.2 Å². The summed E-state index contributed by atoms with van der Waals surface area (Å²) in [5.41, 5.74) is 1.76. The molecule has 1 aliphatic rings. The summed E-state index contributed by atoms with van der Waals surface area (Å²) in [5.74, 6) is 0.329. The van der Waals surface area contributed by atoms with Crippen molar-refractivity contribution < 1.29 is 5.11 Å². The number of aryl methyl sites for hydroxylation is 2. The molecule has 2 rings (SSSR count). The molecule has 2 unspecified atom stereocenters. The van der Waals surface area contributed by atoms with Gasteiger partial charge in [-0.25, -0.2) is 0 Å². The summed E-state index contributed by atoms with van der Waals surface area (Å²) in [7, 11) is 0. The third-order valence-corrected chi connectivity index (χ3v) is 5.52. The first-order valence-electron chi connectivity index (χ1n) is 7.13. The molecule has 1 aliphatic carbocycles. The molecule has 1 aromatic rings. The molecule has 0 spiro atoms. The maximum atomic E-state index is 11.0. The summed E-state index contributed by atoms with van der Waals surface area (Å²) in [4.78, 5) is 0. The minimum atomic E-state index is -0.606. The third-order valence-electron chi connectivity index (χ3n) is 4.49. The van der Waals surface area contributed by atoms with Gasteiger partial charge in [0.1, 0.15) is 0 Å². The van der Waals surface area contributed by atoms with Crippen molar-refractivity contribution in [1.29, 1.82) is 0 Å². The average molecular weight is 329 g/mol. The van der Waals surface area contributed by atoms with Crippen LogP contribution in [0.2, 0.25) is 0 Å². The maximum absolute atomic E-state index is 11.0.